The largest absolute Gasteiger partial charge is 0.494 e. The first-order chi connectivity index (χ1) is 14.9. The van der Waals surface area contributed by atoms with Crippen molar-refractivity contribution in [3.05, 3.63) is 51.9 Å². The lowest BCUT2D eigenvalue weighted by molar-refractivity contribution is 0.0990. The second-order valence-electron chi connectivity index (χ2n) is 7.61. The van der Waals surface area contributed by atoms with E-state index in [1.807, 2.05) is 57.4 Å². The standard InChI is InChI=1S/C23H24ClN3O2S2/c1-14-10-11-16(29-4)19-20(14)31-23(25-19)27(13-7-12-26(2)3)22(28)21-18(24)15-8-5-6-9-17(15)30-21/h5-6,8-11H,7,12-13H2,1-4H3. The highest BCUT2D eigenvalue weighted by Gasteiger charge is 2.26. The van der Waals surface area contributed by atoms with Crippen LogP contribution in [0.2, 0.25) is 5.02 Å². The van der Waals surface area contributed by atoms with Crippen LogP contribution in [0.4, 0.5) is 5.13 Å². The van der Waals surface area contributed by atoms with Crippen LogP contribution in [-0.2, 0) is 0 Å². The van der Waals surface area contributed by atoms with Crippen LogP contribution < -0.4 is 9.64 Å². The summed E-state index contributed by atoms with van der Waals surface area (Å²) in [4.78, 5) is 23.0. The van der Waals surface area contributed by atoms with Gasteiger partial charge < -0.3 is 9.64 Å². The number of nitrogens with zero attached hydrogens (tertiary/aromatic N) is 3. The number of benzene rings is 2. The zero-order valence-electron chi connectivity index (χ0n) is 17.9. The predicted octanol–water partition coefficient (Wildman–Crippen LogP) is 6.08. The molecule has 0 N–H and O–H groups in total. The Morgan fingerprint density at radius 3 is 2.61 bits per heavy atom. The molecule has 0 atom stereocenters. The number of amides is 1. The minimum Gasteiger partial charge on any atom is -0.494 e. The van der Waals surface area contributed by atoms with Gasteiger partial charge in [-0.25, -0.2) is 4.98 Å². The monoisotopic (exact) mass is 473 g/mol. The molecule has 2 aromatic carbocycles. The molecule has 0 aliphatic carbocycles. The number of methoxy groups -OCH3 is 1. The van der Waals surface area contributed by atoms with Gasteiger partial charge in [-0.1, -0.05) is 47.2 Å². The summed E-state index contributed by atoms with van der Waals surface area (Å²) in [7, 11) is 5.70. The van der Waals surface area contributed by atoms with E-state index in [4.69, 9.17) is 21.3 Å². The molecule has 0 bridgehead atoms. The number of hydrogen-bond acceptors (Lipinski definition) is 6. The van der Waals surface area contributed by atoms with E-state index in [0.717, 1.165) is 38.8 Å². The number of hydrogen-bond donors (Lipinski definition) is 0. The maximum atomic E-state index is 13.7. The molecule has 4 rings (SSSR count). The van der Waals surface area contributed by atoms with Crippen LogP contribution in [0, 0.1) is 6.92 Å². The summed E-state index contributed by atoms with van der Waals surface area (Å²) in [5.41, 5.74) is 1.90. The number of carbonyl (C=O) groups excluding carboxylic acids is 1. The molecule has 0 aliphatic rings. The minimum atomic E-state index is -0.111. The Morgan fingerprint density at radius 1 is 1.13 bits per heavy atom. The summed E-state index contributed by atoms with van der Waals surface area (Å²) in [5, 5.41) is 2.09. The van der Waals surface area contributed by atoms with Crippen molar-refractivity contribution in [2.24, 2.45) is 0 Å². The third-order valence-electron chi connectivity index (χ3n) is 5.10. The number of thiophene rings is 1. The molecule has 2 heterocycles. The van der Waals surface area contributed by atoms with Crippen LogP contribution in [0.5, 0.6) is 5.75 Å². The van der Waals surface area contributed by atoms with Crippen molar-refractivity contribution < 1.29 is 9.53 Å². The molecule has 0 radical (unpaired) electrons. The maximum Gasteiger partial charge on any atom is 0.271 e. The summed E-state index contributed by atoms with van der Waals surface area (Å²) in [6.07, 6.45) is 0.827. The normalized spacial score (nSPS) is 11.5. The van der Waals surface area contributed by atoms with Crippen LogP contribution in [-0.4, -0.2) is 50.1 Å². The van der Waals surface area contributed by atoms with Gasteiger partial charge in [0.05, 0.1) is 16.8 Å². The van der Waals surface area contributed by atoms with E-state index in [0.29, 0.717) is 27.3 Å². The molecule has 2 aromatic heterocycles. The van der Waals surface area contributed by atoms with Crippen molar-refractivity contribution in [2.75, 3.05) is 39.2 Å². The molecular weight excluding hydrogens is 450 g/mol. The molecular formula is C23H24ClN3O2S2. The van der Waals surface area contributed by atoms with E-state index in [-0.39, 0.29) is 5.91 Å². The quantitative estimate of drug-likeness (QED) is 0.326. The van der Waals surface area contributed by atoms with Crippen molar-refractivity contribution in [1.29, 1.82) is 0 Å². The Hall–Kier alpha value is -2.19. The van der Waals surface area contributed by atoms with Gasteiger partial charge in [-0.2, -0.15) is 0 Å². The van der Waals surface area contributed by atoms with Crippen molar-refractivity contribution in [2.45, 2.75) is 13.3 Å². The van der Waals surface area contributed by atoms with Gasteiger partial charge in [0.25, 0.3) is 5.91 Å². The van der Waals surface area contributed by atoms with Crippen molar-refractivity contribution in [3.8, 4) is 5.75 Å². The number of fused-ring (bicyclic) bond motifs is 2. The van der Waals surface area contributed by atoms with E-state index >= 15 is 0 Å². The van der Waals surface area contributed by atoms with Gasteiger partial charge in [-0.15, -0.1) is 11.3 Å². The molecule has 0 spiro atoms. The molecule has 8 heteroatoms. The number of ether oxygens (including phenoxy) is 1. The van der Waals surface area contributed by atoms with Gasteiger partial charge in [-0.05, 0) is 51.7 Å². The van der Waals surface area contributed by atoms with E-state index in [9.17, 15) is 4.79 Å². The summed E-state index contributed by atoms with van der Waals surface area (Å²) in [6, 6.07) is 11.8. The average Bonchev–Trinajstić information content (AvgIpc) is 3.34. The van der Waals surface area contributed by atoms with Crippen LogP contribution in [0.3, 0.4) is 0 Å². The van der Waals surface area contributed by atoms with Crippen molar-refractivity contribution in [1.82, 2.24) is 9.88 Å². The highest BCUT2D eigenvalue weighted by molar-refractivity contribution is 7.23. The lowest BCUT2D eigenvalue weighted by Crippen LogP contribution is -2.33. The van der Waals surface area contributed by atoms with E-state index in [2.05, 4.69) is 4.90 Å². The first-order valence-corrected chi connectivity index (χ1v) is 12.0. The third kappa shape index (κ3) is 4.28. The summed E-state index contributed by atoms with van der Waals surface area (Å²) < 4.78 is 7.54. The van der Waals surface area contributed by atoms with Gasteiger partial charge in [0.15, 0.2) is 5.13 Å². The minimum absolute atomic E-state index is 0.111. The summed E-state index contributed by atoms with van der Waals surface area (Å²) in [6.45, 7) is 3.48. The lowest BCUT2D eigenvalue weighted by Gasteiger charge is -2.20. The summed E-state index contributed by atoms with van der Waals surface area (Å²) >= 11 is 9.59. The molecule has 1 amide bonds. The lowest BCUT2D eigenvalue weighted by atomic mass is 10.2. The highest BCUT2D eigenvalue weighted by Crippen LogP contribution is 2.40. The maximum absolute atomic E-state index is 13.7. The Kier molecular flexibility index (Phi) is 6.48. The fourth-order valence-electron chi connectivity index (χ4n) is 3.48. The zero-order chi connectivity index (χ0) is 22.1. The van der Waals surface area contributed by atoms with Crippen molar-refractivity contribution in [3.63, 3.8) is 0 Å². The number of thiazole rings is 1. The molecule has 31 heavy (non-hydrogen) atoms. The molecule has 162 valence electrons. The molecule has 0 unspecified atom stereocenters. The van der Waals surface area contributed by atoms with Gasteiger partial charge in [-0.3, -0.25) is 9.69 Å². The third-order valence-corrected chi connectivity index (χ3v) is 7.98. The number of aryl methyl sites for hydroxylation is 1. The van der Waals surface area contributed by atoms with Crippen molar-refractivity contribution >= 4 is 65.6 Å². The Morgan fingerprint density at radius 2 is 1.90 bits per heavy atom. The first kappa shape index (κ1) is 22.0. The van der Waals surface area contributed by atoms with Gasteiger partial charge >= 0.3 is 0 Å². The SMILES string of the molecule is COc1ccc(C)c2sc(N(CCCN(C)C)C(=O)c3sc4ccccc4c3Cl)nc12. The highest BCUT2D eigenvalue weighted by atomic mass is 35.5. The Labute approximate surface area is 194 Å². The fraction of sp³-hybridized carbons (Fsp3) is 0.304. The second-order valence-corrected chi connectivity index (χ2v) is 10.0. The Bertz CT molecular complexity index is 1250. The van der Waals surface area contributed by atoms with E-state index in [1.54, 1.807) is 12.0 Å². The van der Waals surface area contributed by atoms with E-state index in [1.165, 1.54) is 22.7 Å². The van der Waals surface area contributed by atoms with Crippen LogP contribution in [0.15, 0.2) is 36.4 Å². The van der Waals surface area contributed by atoms with Crippen LogP contribution in [0.25, 0.3) is 20.3 Å². The number of rotatable bonds is 7. The first-order valence-electron chi connectivity index (χ1n) is 9.98. The number of carbonyl (C=O) groups is 1. The molecule has 0 fully saturated rings. The van der Waals surface area contributed by atoms with E-state index < -0.39 is 0 Å². The molecule has 5 nitrogen and oxygen atoms in total. The van der Waals surface area contributed by atoms with Gasteiger partial charge in [0.1, 0.15) is 16.1 Å². The van der Waals surface area contributed by atoms with Crippen LogP contribution in [0.1, 0.15) is 21.7 Å². The molecule has 0 aliphatic heterocycles. The second kappa shape index (κ2) is 9.12. The Balaban J connectivity index is 1.78. The van der Waals surface area contributed by atoms with Crippen LogP contribution >= 0.6 is 34.3 Å². The number of anilines is 1. The predicted molar refractivity (Wildman–Crippen MR) is 133 cm³/mol. The number of aromatic nitrogens is 1. The average molecular weight is 474 g/mol. The fourth-order valence-corrected chi connectivity index (χ4v) is 6.02. The van der Waals surface area contributed by atoms with Gasteiger partial charge in [0.2, 0.25) is 0 Å². The summed E-state index contributed by atoms with van der Waals surface area (Å²) in [5.74, 6) is 0.601. The topological polar surface area (TPSA) is 45.7 Å². The molecule has 4 aromatic rings. The van der Waals surface area contributed by atoms with Gasteiger partial charge in [0, 0.05) is 16.6 Å². The smallest absolute Gasteiger partial charge is 0.271 e. The number of halogens is 1. The molecule has 0 saturated heterocycles. The zero-order valence-corrected chi connectivity index (χ0v) is 20.3. The molecule has 0 saturated carbocycles.